The summed E-state index contributed by atoms with van der Waals surface area (Å²) in [4.78, 5) is 13.3. The van der Waals surface area contributed by atoms with Crippen LogP contribution in [0.3, 0.4) is 0 Å². The van der Waals surface area contributed by atoms with E-state index in [1.807, 2.05) is 34.2 Å². The van der Waals surface area contributed by atoms with Gasteiger partial charge in [0.05, 0.1) is 4.88 Å². The molecule has 0 spiro atoms. The molecule has 0 aliphatic rings. The van der Waals surface area contributed by atoms with Gasteiger partial charge in [0.1, 0.15) is 0 Å². The summed E-state index contributed by atoms with van der Waals surface area (Å²) >= 11 is 6.89. The van der Waals surface area contributed by atoms with Crippen LogP contribution in [0.1, 0.15) is 31.7 Å². The Balaban J connectivity index is 1.58. The fourth-order valence-electron chi connectivity index (χ4n) is 2.69. The maximum absolute atomic E-state index is 12.3. The van der Waals surface area contributed by atoms with Crippen molar-refractivity contribution < 1.29 is 4.79 Å². The highest BCUT2D eigenvalue weighted by molar-refractivity contribution is 7.71. The number of nitrogens with zero attached hydrogens (tertiary/aromatic N) is 2. The summed E-state index contributed by atoms with van der Waals surface area (Å²) < 4.78 is 2.40. The molecule has 26 heavy (non-hydrogen) atoms. The number of hydrogen-bond acceptors (Lipinski definition) is 4. The topological polar surface area (TPSA) is 62.7 Å². The highest BCUT2D eigenvalue weighted by Crippen LogP contribution is 2.23. The number of aryl methyl sites for hydroxylation is 1. The first-order chi connectivity index (χ1) is 12.7. The van der Waals surface area contributed by atoms with Crippen molar-refractivity contribution in [3.63, 3.8) is 0 Å². The Hall–Kier alpha value is -2.25. The number of hydrogen-bond donors (Lipinski definition) is 2. The Kier molecular flexibility index (Phi) is 6.35. The minimum absolute atomic E-state index is 0.0356. The van der Waals surface area contributed by atoms with Crippen molar-refractivity contribution in [3.05, 3.63) is 52.1 Å². The number of unbranched alkanes of at least 4 members (excludes halogenated alkanes) is 1. The Labute approximate surface area is 162 Å². The van der Waals surface area contributed by atoms with Crippen molar-refractivity contribution >= 4 is 35.1 Å². The summed E-state index contributed by atoms with van der Waals surface area (Å²) in [6, 6.07) is 12.0. The van der Waals surface area contributed by atoms with Gasteiger partial charge < -0.3 is 5.32 Å². The molecule has 0 atom stereocenters. The first-order valence-corrected chi connectivity index (χ1v) is 10.0. The molecule has 0 unspecified atom stereocenters. The van der Waals surface area contributed by atoms with Crippen LogP contribution < -0.4 is 5.32 Å². The summed E-state index contributed by atoms with van der Waals surface area (Å²) in [5.74, 6) is 0.740. The molecule has 136 valence electrons. The molecule has 2 heterocycles. The molecular formula is C19H22N4OS2. The van der Waals surface area contributed by atoms with Crippen LogP contribution in [0.15, 0.2) is 41.8 Å². The molecule has 0 aliphatic heterocycles. The van der Waals surface area contributed by atoms with Gasteiger partial charge in [-0.1, -0.05) is 31.5 Å². The fourth-order valence-corrected chi connectivity index (χ4v) is 3.64. The number of carbonyl (C=O) groups is 1. The molecule has 5 nitrogen and oxygen atoms in total. The van der Waals surface area contributed by atoms with Gasteiger partial charge in [-0.2, -0.15) is 5.10 Å². The molecular weight excluding hydrogens is 364 g/mol. The Bertz CT molecular complexity index is 895. The number of anilines is 1. The van der Waals surface area contributed by atoms with Gasteiger partial charge in [-0.3, -0.25) is 14.5 Å². The lowest BCUT2D eigenvalue weighted by atomic mass is 10.1. The summed E-state index contributed by atoms with van der Waals surface area (Å²) in [5, 5.41) is 12.0. The average Bonchev–Trinajstić information content (AvgIpc) is 3.29. The molecule has 0 bridgehead atoms. The zero-order valence-corrected chi connectivity index (χ0v) is 16.3. The van der Waals surface area contributed by atoms with Crippen molar-refractivity contribution in [3.8, 4) is 10.7 Å². The van der Waals surface area contributed by atoms with Gasteiger partial charge in [-0.15, -0.1) is 11.3 Å². The number of carbonyl (C=O) groups excluding carboxylic acids is 1. The van der Waals surface area contributed by atoms with Crippen molar-refractivity contribution in [2.24, 2.45) is 0 Å². The minimum Gasteiger partial charge on any atom is -0.326 e. The summed E-state index contributed by atoms with van der Waals surface area (Å²) in [6.45, 7) is 2.67. The van der Waals surface area contributed by atoms with Crippen molar-refractivity contribution in [1.29, 1.82) is 0 Å². The van der Waals surface area contributed by atoms with Crippen LogP contribution in [-0.4, -0.2) is 20.7 Å². The number of aromatic amines is 1. The molecule has 0 aliphatic carbocycles. The quantitative estimate of drug-likeness (QED) is 0.533. The van der Waals surface area contributed by atoms with Crippen LogP contribution in [0.25, 0.3) is 10.7 Å². The van der Waals surface area contributed by atoms with E-state index in [2.05, 4.69) is 34.6 Å². The van der Waals surface area contributed by atoms with E-state index in [9.17, 15) is 4.79 Å². The van der Waals surface area contributed by atoms with E-state index in [0.29, 0.717) is 17.7 Å². The highest BCUT2D eigenvalue weighted by Gasteiger charge is 2.11. The summed E-state index contributed by atoms with van der Waals surface area (Å²) in [5.41, 5.74) is 2.12. The second kappa shape index (κ2) is 8.91. The van der Waals surface area contributed by atoms with Crippen LogP contribution >= 0.6 is 23.6 Å². The second-order valence-corrected chi connectivity index (χ2v) is 7.41. The molecule has 3 rings (SSSR count). The number of benzene rings is 1. The van der Waals surface area contributed by atoms with Crippen LogP contribution in [0.4, 0.5) is 5.69 Å². The second-order valence-electron chi connectivity index (χ2n) is 6.08. The monoisotopic (exact) mass is 386 g/mol. The third kappa shape index (κ3) is 4.68. The van der Waals surface area contributed by atoms with Crippen LogP contribution in [0, 0.1) is 4.77 Å². The van der Waals surface area contributed by atoms with Gasteiger partial charge in [0, 0.05) is 18.7 Å². The van der Waals surface area contributed by atoms with Gasteiger partial charge in [-0.25, -0.2) is 0 Å². The number of nitrogens with one attached hydrogen (secondary N) is 2. The lowest BCUT2D eigenvalue weighted by Crippen LogP contribution is -2.15. The maximum atomic E-state index is 12.3. The van der Waals surface area contributed by atoms with Gasteiger partial charge >= 0.3 is 0 Å². The normalized spacial score (nSPS) is 10.8. The molecule has 0 saturated heterocycles. The average molecular weight is 387 g/mol. The number of H-pyrrole nitrogens is 1. The van der Waals surface area contributed by atoms with Crippen molar-refractivity contribution in [2.45, 2.75) is 39.2 Å². The molecule has 0 radical (unpaired) electrons. The van der Waals surface area contributed by atoms with E-state index >= 15 is 0 Å². The number of thiophene rings is 1. The number of aromatic nitrogens is 3. The molecule has 2 aromatic heterocycles. The SMILES string of the molecule is CCCCc1ccc(NC(=O)CCn2c(-c3cccs3)n[nH]c2=S)cc1. The molecule has 1 aromatic carbocycles. The first kappa shape index (κ1) is 18.5. The van der Waals surface area contributed by atoms with E-state index in [4.69, 9.17) is 12.2 Å². The molecule has 1 amide bonds. The van der Waals surface area contributed by atoms with E-state index in [-0.39, 0.29) is 5.91 Å². The Morgan fingerprint density at radius 2 is 2.12 bits per heavy atom. The third-order valence-corrected chi connectivity index (χ3v) is 5.30. The molecule has 7 heteroatoms. The lowest BCUT2D eigenvalue weighted by Gasteiger charge is -2.08. The molecule has 0 saturated carbocycles. The van der Waals surface area contributed by atoms with Crippen molar-refractivity contribution in [1.82, 2.24) is 14.8 Å². The van der Waals surface area contributed by atoms with Crippen LogP contribution in [0.5, 0.6) is 0 Å². The standard InChI is InChI=1S/C19H22N4OS2/c1-2-3-5-14-7-9-15(10-8-14)20-17(24)11-12-23-18(21-22-19(23)25)16-6-4-13-26-16/h4,6-10,13H,2-3,5,11-12H2,1H3,(H,20,24)(H,22,25). The van der Waals surface area contributed by atoms with Gasteiger partial charge in [0.2, 0.25) is 5.91 Å². The highest BCUT2D eigenvalue weighted by atomic mass is 32.1. The molecule has 3 aromatic rings. The van der Waals surface area contributed by atoms with Crippen LogP contribution in [-0.2, 0) is 17.8 Å². The smallest absolute Gasteiger partial charge is 0.226 e. The molecule has 2 N–H and O–H groups in total. The lowest BCUT2D eigenvalue weighted by molar-refractivity contribution is -0.116. The number of rotatable bonds is 8. The van der Waals surface area contributed by atoms with Crippen LogP contribution in [0.2, 0.25) is 0 Å². The van der Waals surface area contributed by atoms with Gasteiger partial charge in [0.15, 0.2) is 10.6 Å². The van der Waals surface area contributed by atoms with E-state index in [1.165, 1.54) is 18.4 Å². The molecule has 0 fully saturated rings. The third-order valence-electron chi connectivity index (χ3n) is 4.12. The zero-order chi connectivity index (χ0) is 18.4. The van der Waals surface area contributed by atoms with E-state index < -0.39 is 0 Å². The Morgan fingerprint density at radius 1 is 1.31 bits per heavy atom. The first-order valence-electron chi connectivity index (χ1n) is 8.75. The largest absolute Gasteiger partial charge is 0.326 e. The maximum Gasteiger partial charge on any atom is 0.226 e. The predicted molar refractivity (Wildman–Crippen MR) is 109 cm³/mol. The van der Waals surface area contributed by atoms with E-state index in [0.717, 1.165) is 22.8 Å². The van der Waals surface area contributed by atoms with Gasteiger partial charge in [0.25, 0.3) is 0 Å². The minimum atomic E-state index is -0.0356. The summed E-state index contributed by atoms with van der Waals surface area (Å²) in [6.07, 6.45) is 3.78. The summed E-state index contributed by atoms with van der Waals surface area (Å²) in [7, 11) is 0. The zero-order valence-electron chi connectivity index (χ0n) is 14.7. The van der Waals surface area contributed by atoms with Crippen molar-refractivity contribution in [2.75, 3.05) is 5.32 Å². The van der Waals surface area contributed by atoms with Gasteiger partial charge in [-0.05, 0) is 54.2 Å². The predicted octanol–water partition coefficient (Wildman–Crippen LogP) is 5.04. The van der Waals surface area contributed by atoms with E-state index in [1.54, 1.807) is 11.3 Å². The fraction of sp³-hybridized carbons (Fsp3) is 0.316. The Morgan fingerprint density at radius 3 is 2.81 bits per heavy atom. The number of amides is 1.